The van der Waals surface area contributed by atoms with E-state index in [2.05, 4.69) is 14.6 Å². The first-order valence-electron chi connectivity index (χ1n) is 9.21. The number of fused-ring (bicyclic) bond motifs is 1. The number of hydrogen-bond donors (Lipinski definition) is 1. The fourth-order valence-electron chi connectivity index (χ4n) is 3.51. The number of para-hydroxylation sites is 2. The summed E-state index contributed by atoms with van der Waals surface area (Å²) >= 11 is 0. The maximum Gasteiger partial charge on any atom is 0.270 e. The Morgan fingerprint density at radius 2 is 1.89 bits per heavy atom. The van der Waals surface area contributed by atoms with Crippen LogP contribution in [0.15, 0.2) is 47.5 Å². The van der Waals surface area contributed by atoms with Crippen LogP contribution in [0.1, 0.15) is 19.3 Å². The van der Waals surface area contributed by atoms with Crippen molar-refractivity contribution < 1.29 is 17.9 Å². The second-order valence-corrected chi connectivity index (χ2v) is 9.15. The van der Waals surface area contributed by atoms with Crippen LogP contribution in [0.5, 0.6) is 11.5 Å². The minimum absolute atomic E-state index is 0.196. The van der Waals surface area contributed by atoms with E-state index in [1.54, 1.807) is 12.1 Å². The molecule has 2 aliphatic heterocycles. The van der Waals surface area contributed by atoms with Crippen LogP contribution >= 0.6 is 0 Å². The van der Waals surface area contributed by atoms with Gasteiger partial charge in [0.1, 0.15) is 10.7 Å². The van der Waals surface area contributed by atoms with Crippen molar-refractivity contribution in [2.45, 2.75) is 29.9 Å². The summed E-state index contributed by atoms with van der Waals surface area (Å²) in [6.45, 7) is 1.78. The van der Waals surface area contributed by atoms with Crippen molar-refractivity contribution >= 4 is 15.8 Å². The summed E-state index contributed by atoms with van der Waals surface area (Å²) in [5, 5.41) is 0. The Bertz CT molecular complexity index is 932. The summed E-state index contributed by atoms with van der Waals surface area (Å²) < 4.78 is 39.4. The van der Waals surface area contributed by atoms with Gasteiger partial charge in [-0.05, 0) is 43.0 Å². The number of sulfonamides is 1. The van der Waals surface area contributed by atoms with Gasteiger partial charge in [0.05, 0.1) is 6.54 Å². The van der Waals surface area contributed by atoms with Crippen LogP contribution in [0, 0.1) is 5.92 Å². The molecule has 142 valence electrons. The smallest absolute Gasteiger partial charge is 0.270 e. The fraction of sp³-hybridized carbons (Fsp3) is 0.421. The zero-order valence-corrected chi connectivity index (χ0v) is 15.6. The molecule has 3 heterocycles. The average molecular weight is 387 g/mol. The van der Waals surface area contributed by atoms with Crippen LogP contribution in [0.4, 0.5) is 5.82 Å². The molecule has 1 saturated carbocycles. The van der Waals surface area contributed by atoms with Crippen molar-refractivity contribution in [3.63, 3.8) is 0 Å². The summed E-state index contributed by atoms with van der Waals surface area (Å²) in [6, 6.07) is 11.0. The lowest BCUT2D eigenvalue weighted by atomic mass is 10.2. The second kappa shape index (κ2) is 6.10. The Balaban J connectivity index is 1.28. The van der Waals surface area contributed by atoms with Crippen molar-refractivity contribution in [2.75, 3.05) is 24.5 Å². The number of hydrogen-bond acceptors (Lipinski definition) is 6. The Hall–Kier alpha value is -2.32. The average Bonchev–Trinajstić information content (AvgIpc) is 3.32. The first kappa shape index (κ1) is 16.8. The Labute approximate surface area is 158 Å². The number of nitrogens with zero attached hydrogens (tertiary/aromatic N) is 2. The maximum absolute atomic E-state index is 12.3. The van der Waals surface area contributed by atoms with E-state index >= 15 is 0 Å². The summed E-state index contributed by atoms with van der Waals surface area (Å²) in [4.78, 5) is 6.62. The number of benzene rings is 1. The molecule has 0 atom stereocenters. The molecule has 0 unspecified atom stereocenters. The van der Waals surface area contributed by atoms with Crippen molar-refractivity contribution in [2.24, 2.45) is 5.92 Å². The van der Waals surface area contributed by atoms with Gasteiger partial charge in [0.15, 0.2) is 11.5 Å². The molecular formula is C19H21N3O4S. The summed E-state index contributed by atoms with van der Waals surface area (Å²) in [6.07, 6.45) is 4.34. The molecule has 2 aromatic rings. The van der Waals surface area contributed by atoms with Gasteiger partial charge in [-0.2, -0.15) is 0 Å². The van der Waals surface area contributed by atoms with Gasteiger partial charge in [-0.1, -0.05) is 12.1 Å². The van der Waals surface area contributed by atoms with Gasteiger partial charge in [-0.3, -0.25) is 0 Å². The van der Waals surface area contributed by atoms with E-state index in [1.165, 1.54) is 6.20 Å². The van der Waals surface area contributed by atoms with E-state index in [4.69, 9.17) is 9.47 Å². The molecule has 7 nitrogen and oxygen atoms in total. The highest BCUT2D eigenvalue weighted by Crippen LogP contribution is 2.43. The minimum Gasteiger partial charge on any atom is -0.447 e. The third-order valence-corrected chi connectivity index (χ3v) is 6.66. The van der Waals surface area contributed by atoms with E-state index < -0.39 is 15.8 Å². The summed E-state index contributed by atoms with van der Waals surface area (Å²) in [5.41, 5.74) is 0. The van der Waals surface area contributed by atoms with Gasteiger partial charge in [-0.25, -0.2) is 18.1 Å². The number of nitrogens with one attached hydrogen (secondary N) is 1. The summed E-state index contributed by atoms with van der Waals surface area (Å²) in [7, 11) is -3.49. The van der Waals surface area contributed by atoms with Crippen molar-refractivity contribution in [3.8, 4) is 11.5 Å². The molecule has 27 heavy (non-hydrogen) atoms. The van der Waals surface area contributed by atoms with Crippen LogP contribution in [-0.2, 0) is 10.0 Å². The normalized spacial score (nSPS) is 20.4. The van der Waals surface area contributed by atoms with Crippen molar-refractivity contribution in [1.82, 2.24) is 9.71 Å². The maximum atomic E-state index is 12.3. The highest BCUT2D eigenvalue weighted by molar-refractivity contribution is 7.89. The van der Waals surface area contributed by atoms with Crippen LogP contribution in [-0.4, -0.2) is 38.8 Å². The van der Waals surface area contributed by atoms with E-state index in [9.17, 15) is 8.42 Å². The number of rotatable bonds is 5. The molecule has 1 aliphatic carbocycles. The first-order chi connectivity index (χ1) is 13.0. The van der Waals surface area contributed by atoms with Crippen molar-refractivity contribution in [1.29, 1.82) is 0 Å². The Morgan fingerprint density at radius 1 is 1.15 bits per heavy atom. The molecule has 1 N–H and O–H groups in total. The molecule has 0 amide bonds. The van der Waals surface area contributed by atoms with Gasteiger partial charge in [0, 0.05) is 25.7 Å². The molecule has 0 bridgehead atoms. The first-order valence-corrected chi connectivity index (χ1v) is 10.7. The molecular weight excluding hydrogens is 366 g/mol. The molecule has 8 heteroatoms. The highest BCUT2D eigenvalue weighted by Gasteiger charge is 2.47. The molecule has 1 saturated heterocycles. The Morgan fingerprint density at radius 3 is 2.52 bits per heavy atom. The number of anilines is 1. The Kier molecular flexibility index (Phi) is 3.80. The third kappa shape index (κ3) is 3.23. The van der Waals surface area contributed by atoms with Gasteiger partial charge in [-0.15, -0.1) is 0 Å². The summed E-state index contributed by atoms with van der Waals surface area (Å²) in [5.74, 6) is 2.03. The van der Waals surface area contributed by atoms with Crippen LogP contribution in [0.2, 0.25) is 0 Å². The van der Waals surface area contributed by atoms with Crippen LogP contribution in [0.3, 0.4) is 0 Å². The van der Waals surface area contributed by atoms with Gasteiger partial charge >= 0.3 is 0 Å². The zero-order valence-electron chi connectivity index (χ0n) is 14.8. The molecule has 1 aromatic carbocycles. The fourth-order valence-corrected chi connectivity index (χ4v) is 4.57. The SMILES string of the molecule is O=S(=O)(NCC1CC1)c1ccc(N2CCC3(C2)Oc2ccccc2O3)nc1. The lowest BCUT2D eigenvalue weighted by Gasteiger charge is -2.23. The minimum atomic E-state index is -3.49. The van der Waals surface area contributed by atoms with Crippen LogP contribution < -0.4 is 19.1 Å². The zero-order chi connectivity index (χ0) is 18.5. The molecule has 2 fully saturated rings. The van der Waals surface area contributed by atoms with E-state index in [1.807, 2.05) is 24.3 Å². The van der Waals surface area contributed by atoms with Gasteiger partial charge in [0.2, 0.25) is 10.0 Å². The predicted octanol–water partition coefficient (Wildman–Crippen LogP) is 2.15. The number of pyridine rings is 1. The largest absolute Gasteiger partial charge is 0.447 e. The third-order valence-electron chi connectivity index (χ3n) is 5.25. The monoisotopic (exact) mass is 387 g/mol. The van der Waals surface area contributed by atoms with Gasteiger partial charge < -0.3 is 14.4 Å². The number of ether oxygens (including phenoxy) is 2. The molecule has 1 aromatic heterocycles. The van der Waals surface area contributed by atoms with E-state index in [0.29, 0.717) is 25.4 Å². The van der Waals surface area contributed by atoms with Crippen molar-refractivity contribution in [3.05, 3.63) is 42.6 Å². The topological polar surface area (TPSA) is 80.8 Å². The predicted molar refractivity (Wildman–Crippen MR) is 99.4 cm³/mol. The molecule has 1 spiro atoms. The molecule has 0 radical (unpaired) electrons. The van der Waals surface area contributed by atoms with Gasteiger partial charge in [0.25, 0.3) is 5.79 Å². The number of aromatic nitrogens is 1. The van der Waals surface area contributed by atoms with E-state index in [0.717, 1.165) is 36.7 Å². The molecule has 3 aliphatic rings. The lowest BCUT2D eigenvalue weighted by Crippen LogP contribution is -2.41. The lowest BCUT2D eigenvalue weighted by molar-refractivity contribution is -0.0577. The molecule has 5 rings (SSSR count). The van der Waals surface area contributed by atoms with Crippen LogP contribution in [0.25, 0.3) is 0 Å². The highest BCUT2D eigenvalue weighted by atomic mass is 32.2. The second-order valence-electron chi connectivity index (χ2n) is 7.38. The standard InChI is InChI=1S/C19H21N3O4S/c23-27(24,21-11-14-5-6-14)15-7-8-18(20-12-15)22-10-9-19(13-22)25-16-3-1-2-4-17(16)26-19/h1-4,7-8,12,14,21H,5-6,9-11,13H2. The van der Waals surface area contributed by atoms with E-state index in [-0.39, 0.29) is 4.90 Å². The quantitative estimate of drug-likeness (QED) is 0.847.